The van der Waals surface area contributed by atoms with Gasteiger partial charge in [0.2, 0.25) is 0 Å². The molecule has 2 rings (SSSR count). The predicted molar refractivity (Wildman–Crippen MR) is 70.4 cm³/mol. The van der Waals surface area contributed by atoms with E-state index in [4.69, 9.17) is 16.3 Å². The van der Waals surface area contributed by atoms with Crippen molar-refractivity contribution < 1.29 is 13.9 Å². The normalized spacial score (nSPS) is 15.1. The predicted octanol–water partition coefficient (Wildman–Crippen LogP) is 3.29. The molecule has 3 nitrogen and oxygen atoms in total. The Bertz CT molecular complexity index is 442. The summed E-state index contributed by atoms with van der Waals surface area (Å²) >= 11 is 8.82. The minimum atomic E-state index is -0.592. The summed E-state index contributed by atoms with van der Waals surface area (Å²) in [4.78, 5) is 11.5. The Balaban J connectivity index is 1.91. The first kappa shape index (κ1) is 13.6. The average Bonchev–Trinajstić information content (AvgIpc) is 2.22. The summed E-state index contributed by atoms with van der Waals surface area (Å²) in [5.74, 6) is -0.824. The Morgan fingerprint density at radius 3 is 2.83 bits per heavy atom. The van der Waals surface area contributed by atoms with E-state index in [1.54, 1.807) is 0 Å². The van der Waals surface area contributed by atoms with Gasteiger partial charge in [0, 0.05) is 11.1 Å². The highest BCUT2D eigenvalue weighted by atomic mass is 79.9. The maximum absolute atomic E-state index is 13.5. The molecule has 18 heavy (non-hydrogen) atoms. The monoisotopic (exact) mass is 335 g/mol. The molecular weight excluding hydrogens is 324 g/mol. The first-order chi connectivity index (χ1) is 8.56. The average molecular weight is 337 g/mol. The molecule has 0 aromatic heterocycles. The number of rotatable bonds is 4. The fourth-order valence-corrected chi connectivity index (χ4v) is 2.51. The summed E-state index contributed by atoms with van der Waals surface area (Å²) < 4.78 is 19.1. The van der Waals surface area contributed by atoms with Crippen molar-refractivity contribution >= 4 is 33.4 Å². The number of halogens is 3. The zero-order valence-electron chi connectivity index (χ0n) is 9.51. The van der Waals surface area contributed by atoms with E-state index >= 15 is 0 Å². The molecule has 1 amide bonds. The molecule has 1 aromatic rings. The molecule has 1 aromatic carbocycles. The number of ether oxygens (including phenoxy) is 1. The lowest BCUT2D eigenvalue weighted by atomic mass is 9.93. The molecule has 6 heteroatoms. The van der Waals surface area contributed by atoms with Gasteiger partial charge in [0.05, 0.1) is 4.47 Å². The number of carbonyl (C=O) groups is 1. The highest BCUT2D eigenvalue weighted by molar-refractivity contribution is 9.10. The molecule has 0 spiro atoms. The minimum absolute atomic E-state index is 0.00293. The van der Waals surface area contributed by atoms with Gasteiger partial charge in [-0.1, -0.05) is 11.6 Å². The fraction of sp³-hybridized carbons (Fsp3) is 0.417. The van der Waals surface area contributed by atoms with E-state index in [9.17, 15) is 9.18 Å². The summed E-state index contributed by atoms with van der Waals surface area (Å²) in [6.07, 6.45) is 3.15. The lowest BCUT2D eigenvalue weighted by Crippen LogP contribution is -2.41. The van der Waals surface area contributed by atoms with Crippen molar-refractivity contribution in [3.8, 4) is 5.75 Å². The molecule has 1 fully saturated rings. The topological polar surface area (TPSA) is 38.3 Å². The molecule has 1 aliphatic rings. The van der Waals surface area contributed by atoms with Crippen molar-refractivity contribution in [1.82, 2.24) is 5.32 Å². The Hall–Kier alpha value is -0.810. The first-order valence-electron chi connectivity index (χ1n) is 5.63. The SMILES string of the molecule is O=C(COc1c(F)cc(Cl)cc1Br)NC1CCC1. The second kappa shape index (κ2) is 5.89. The molecule has 0 bridgehead atoms. The quantitative estimate of drug-likeness (QED) is 0.916. The largest absolute Gasteiger partial charge is 0.480 e. The minimum Gasteiger partial charge on any atom is -0.480 e. The van der Waals surface area contributed by atoms with E-state index in [2.05, 4.69) is 21.2 Å². The van der Waals surface area contributed by atoms with Crippen molar-refractivity contribution in [2.24, 2.45) is 0 Å². The Morgan fingerprint density at radius 2 is 2.28 bits per heavy atom. The number of hydrogen-bond acceptors (Lipinski definition) is 2. The van der Waals surface area contributed by atoms with Crippen LogP contribution in [0.3, 0.4) is 0 Å². The van der Waals surface area contributed by atoms with Gasteiger partial charge in [-0.25, -0.2) is 4.39 Å². The number of nitrogens with one attached hydrogen (secondary N) is 1. The molecular formula is C12H12BrClFNO2. The van der Waals surface area contributed by atoms with E-state index in [1.165, 1.54) is 6.07 Å². The van der Waals surface area contributed by atoms with Crippen LogP contribution in [0.15, 0.2) is 16.6 Å². The molecule has 1 saturated carbocycles. The van der Waals surface area contributed by atoms with Crippen LogP contribution in [0.25, 0.3) is 0 Å². The molecule has 0 radical (unpaired) electrons. The smallest absolute Gasteiger partial charge is 0.258 e. The van der Waals surface area contributed by atoms with Crippen molar-refractivity contribution in [2.75, 3.05) is 6.61 Å². The van der Waals surface area contributed by atoms with Gasteiger partial charge in [-0.2, -0.15) is 0 Å². The van der Waals surface area contributed by atoms with Crippen LogP contribution in [-0.2, 0) is 4.79 Å². The number of amides is 1. The van der Waals surface area contributed by atoms with Crippen LogP contribution in [0.2, 0.25) is 5.02 Å². The van der Waals surface area contributed by atoms with Gasteiger partial charge in [0.15, 0.2) is 18.2 Å². The molecule has 0 atom stereocenters. The van der Waals surface area contributed by atoms with E-state index < -0.39 is 5.82 Å². The summed E-state index contributed by atoms with van der Waals surface area (Å²) in [5.41, 5.74) is 0. The summed E-state index contributed by atoms with van der Waals surface area (Å²) in [5, 5.41) is 3.08. The van der Waals surface area contributed by atoms with E-state index in [-0.39, 0.29) is 29.3 Å². The van der Waals surface area contributed by atoms with Crippen molar-refractivity contribution in [1.29, 1.82) is 0 Å². The summed E-state index contributed by atoms with van der Waals surface area (Å²) in [6.45, 7) is -0.201. The van der Waals surface area contributed by atoms with Gasteiger partial charge in [-0.05, 0) is 47.3 Å². The summed E-state index contributed by atoms with van der Waals surface area (Å²) in [7, 11) is 0. The zero-order chi connectivity index (χ0) is 13.1. The van der Waals surface area contributed by atoms with Crippen LogP contribution in [0.1, 0.15) is 19.3 Å². The number of hydrogen-bond donors (Lipinski definition) is 1. The van der Waals surface area contributed by atoms with Crippen LogP contribution in [0, 0.1) is 5.82 Å². The molecule has 98 valence electrons. The maximum Gasteiger partial charge on any atom is 0.258 e. The third-order valence-corrected chi connectivity index (χ3v) is 3.59. The van der Waals surface area contributed by atoms with Crippen LogP contribution in [-0.4, -0.2) is 18.6 Å². The summed E-state index contributed by atoms with van der Waals surface area (Å²) in [6, 6.07) is 2.91. The van der Waals surface area contributed by atoms with Crippen molar-refractivity contribution in [3.05, 3.63) is 27.4 Å². The molecule has 1 aliphatic carbocycles. The zero-order valence-corrected chi connectivity index (χ0v) is 11.9. The number of carbonyl (C=O) groups excluding carboxylic acids is 1. The van der Waals surface area contributed by atoms with Gasteiger partial charge in [-0.3, -0.25) is 4.79 Å². The first-order valence-corrected chi connectivity index (χ1v) is 6.80. The van der Waals surface area contributed by atoms with Crippen LogP contribution in [0.4, 0.5) is 4.39 Å². The Labute approximate surface area is 118 Å². The third-order valence-electron chi connectivity index (χ3n) is 2.78. The van der Waals surface area contributed by atoms with Gasteiger partial charge in [0.25, 0.3) is 5.91 Å². The van der Waals surface area contributed by atoms with Crippen LogP contribution < -0.4 is 10.1 Å². The lowest BCUT2D eigenvalue weighted by molar-refractivity contribution is -0.124. The molecule has 0 saturated heterocycles. The van der Waals surface area contributed by atoms with Gasteiger partial charge >= 0.3 is 0 Å². The lowest BCUT2D eigenvalue weighted by Gasteiger charge is -2.26. The molecule has 1 N–H and O–H groups in total. The van der Waals surface area contributed by atoms with Crippen LogP contribution >= 0.6 is 27.5 Å². The standard InChI is InChI=1S/C12H12BrClFNO2/c13-9-4-7(14)5-10(15)12(9)18-6-11(17)16-8-2-1-3-8/h4-5,8H,1-3,6H2,(H,16,17). The maximum atomic E-state index is 13.5. The molecule has 0 heterocycles. The molecule has 0 aliphatic heterocycles. The third kappa shape index (κ3) is 3.36. The van der Waals surface area contributed by atoms with Crippen molar-refractivity contribution in [2.45, 2.75) is 25.3 Å². The molecule has 0 unspecified atom stereocenters. The van der Waals surface area contributed by atoms with Gasteiger partial charge in [0.1, 0.15) is 0 Å². The van der Waals surface area contributed by atoms with E-state index in [1.807, 2.05) is 0 Å². The second-order valence-electron chi connectivity index (χ2n) is 4.18. The Kier molecular flexibility index (Phi) is 4.45. The van der Waals surface area contributed by atoms with E-state index in [0.29, 0.717) is 4.47 Å². The fourth-order valence-electron chi connectivity index (χ4n) is 1.63. The van der Waals surface area contributed by atoms with E-state index in [0.717, 1.165) is 25.3 Å². The highest BCUT2D eigenvalue weighted by Gasteiger charge is 2.20. The van der Waals surface area contributed by atoms with Crippen molar-refractivity contribution in [3.63, 3.8) is 0 Å². The van der Waals surface area contributed by atoms with Gasteiger partial charge < -0.3 is 10.1 Å². The van der Waals surface area contributed by atoms with Crippen LogP contribution in [0.5, 0.6) is 5.75 Å². The Morgan fingerprint density at radius 1 is 1.56 bits per heavy atom. The highest BCUT2D eigenvalue weighted by Crippen LogP contribution is 2.31. The van der Waals surface area contributed by atoms with Gasteiger partial charge in [-0.15, -0.1) is 0 Å². The number of benzene rings is 1. The second-order valence-corrected chi connectivity index (χ2v) is 5.47.